The maximum Gasteiger partial charge on any atom is 0.314 e. The Hall–Kier alpha value is -0.810. The van der Waals surface area contributed by atoms with Gasteiger partial charge in [0.15, 0.2) is 0 Å². The van der Waals surface area contributed by atoms with Gasteiger partial charge in [0.05, 0.1) is 12.0 Å². The standard InChI is InChI=1S/C7H13F2NO6S2/c1-5(6(8)9)7(11)16-3-4-18(14,15)10-17(2,12)13/h5-6,10H,3-4H2,1-2H3. The number of carbonyl (C=O) groups is 1. The lowest BCUT2D eigenvalue weighted by Gasteiger charge is -2.10. The van der Waals surface area contributed by atoms with Crippen LogP contribution in [-0.4, -0.2) is 47.8 Å². The molecular weight excluding hydrogens is 296 g/mol. The Morgan fingerprint density at radius 1 is 1.28 bits per heavy atom. The van der Waals surface area contributed by atoms with E-state index in [0.717, 1.165) is 6.92 Å². The summed E-state index contributed by atoms with van der Waals surface area (Å²) < 4.78 is 73.2. The minimum atomic E-state index is -4.18. The van der Waals surface area contributed by atoms with E-state index in [9.17, 15) is 30.4 Å². The molecule has 0 amide bonds. The van der Waals surface area contributed by atoms with Gasteiger partial charge in [-0.25, -0.2) is 25.6 Å². The van der Waals surface area contributed by atoms with E-state index in [4.69, 9.17) is 0 Å². The molecule has 1 unspecified atom stereocenters. The predicted octanol–water partition coefficient (Wildman–Crippen LogP) is -0.690. The first-order valence-electron chi connectivity index (χ1n) is 4.60. The van der Waals surface area contributed by atoms with E-state index in [1.54, 1.807) is 0 Å². The maximum atomic E-state index is 12.1. The van der Waals surface area contributed by atoms with Gasteiger partial charge < -0.3 is 4.74 Å². The number of hydrogen-bond acceptors (Lipinski definition) is 6. The quantitative estimate of drug-likeness (QED) is 0.624. The van der Waals surface area contributed by atoms with Crippen molar-refractivity contribution < 1.29 is 35.1 Å². The van der Waals surface area contributed by atoms with Gasteiger partial charge in [0.25, 0.3) is 6.43 Å². The largest absolute Gasteiger partial charge is 0.464 e. The van der Waals surface area contributed by atoms with Crippen molar-refractivity contribution in [3.05, 3.63) is 0 Å². The first kappa shape index (κ1) is 17.2. The molecule has 0 aromatic carbocycles. The lowest BCUT2D eigenvalue weighted by Crippen LogP contribution is -2.34. The Morgan fingerprint density at radius 2 is 1.78 bits per heavy atom. The van der Waals surface area contributed by atoms with Crippen molar-refractivity contribution in [2.45, 2.75) is 13.3 Å². The first-order chi connectivity index (χ1) is 7.94. The van der Waals surface area contributed by atoms with Gasteiger partial charge in [0, 0.05) is 0 Å². The second-order valence-corrected chi connectivity index (χ2v) is 7.31. The van der Waals surface area contributed by atoms with Crippen LogP contribution in [0.5, 0.6) is 0 Å². The number of sulfonamides is 2. The normalized spacial score (nSPS) is 14.5. The van der Waals surface area contributed by atoms with Crippen molar-refractivity contribution >= 4 is 26.0 Å². The SMILES string of the molecule is CC(C(=O)OCCS(=O)(=O)NS(C)(=O)=O)C(F)F. The van der Waals surface area contributed by atoms with Gasteiger partial charge in [-0.15, -0.1) is 4.13 Å². The number of ether oxygens (including phenoxy) is 1. The average molecular weight is 309 g/mol. The van der Waals surface area contributed by atoms with E-state index < -0.39 is 50.7 Å². The fourth-order valence-corrected chi connectivity index (χ4v) is 3.24. The summed E-state index contributed by atoms with van der Waals surface area (Å²) in [6.45, 7) is 0.219. The predicted molar refractivity (Wildman–Crippen MR) is 57.9 cm³/mol. The van der Waals surface area contributed by atoms with Gasteiger partial charge in [-0.05, 0) is 6.92 Å². The van der Waals surface area contributed by atoms with Crippen LogP contribution < -0.4 is 4.13 Å². The number of esters is 1. The molecule has 0 aromatic rings. The first-order valence-corrected chi connectivity index (χ1v) is 8.15. The third-order valence-corrected chi connectivity index (χ3v) is 4.56. The van der Waals surface area contributed by atoms with Gasteiger partial charge >= 0.3 is 5.97 Å². The number of carbonyl (C=O) groups excluding carboxylic acids is 1. The molecule has 0 spiro atoms. The molecule has 0 aliphatic heterocycles. The lowest BCUT2D eigenvalue weighted by atomic mass is 10.2. The van der Waals surface area contributed by atoms with Crippen LogP contribution in [0.1, 0.15) is 6.92 Å². The van der Waals surface area contributed by atoms with Gasteiger partial charge in [0.1, 0.15) is 12.5 Å². The summed E-state index contributed by atoms with van der Waals surface area (Å²) in [5.41, 5.74) is 0. The van der Waals surface area contributed by atoms with Crippen molar-refractivity contribution in [2.75, 3.05) is 18.6 Å². The Kier molecular flexibility index (Phi) is 6.10. The summed E-state index contributed by atoms with van der Waals surface area (Å²) >= 11 is 0. The zero-order valence-corrected chi connectivity index (χ0v) is 11.2. The highest BCUT2D eigenvalue weighted by Gasteiger charge is 2.25. The zero-order valence-electron chi connectivity index (χ0n) is 9.59. The van der Waals surface area contributed by atoms with Crippen molar-refractivity contribution in [2.24, 2.45) is 5.92 Å². The molecule has 11 heteroatoms. The number of rotatable bonds is 7. The molecule has 0 saturated carbocycles. The van der Waals surface area contributed by atoms with Crippen LogP contribution in [0.25, 0.3) is 0 Å². The van der Waals surface area contributed by atoms with E-state index in [1.807, 2.05) is 0 Å². The van der Waals surface area contributed by atoms with E-state index in [-0.39, 0.29) is 0 Å². The Balaban J connectivity index is 4.25. The fourth-order valence-electron chi connectivity index (χ4n) is 0.759. The van der Waals surface area contributed by atoms with Crippen molar-refractivity contribution in [1.29, 1.82) is 0 Å². The molecule has 0 radical (unpaired) electrons. The van der Waals surface area contributed by atoms with Gasteiger partial charge in [-0.1, -0.05) is 0 Å². The number of halogens is 2. The number of nitrogens with one attached hydrogen (secondary N) is 1. The topological polar surface area (TPSA) is 107 Å². The van der Waals surface area contributed by atoms with Crippen LogP contribution in [-0.2, 0) is 29.6 Å². The Morgan fingerprint density at radius 3 is 2.17 bits per heavy atom. The van der Waals surface area contributed by atoms with Crippen LogP contribution in [0.2, 0.25) is 0 Å². The molecular formula is C7H13F2NO6S2. The third-order valence-electron chi connectivity index (χ3n) is 1.62. The van der Waals surface area contributed by atoms with Gasteiger partial charge in [-0.3, -0.25) is 4.79 Å². The second-order valence-electron chi connectivity index (χ2n) is 3.46. The van der Waals surface area contributed by atoms with E-state index in [2.05, 4.69) is 4.74 Å². The van der Waals surface area contributed by atoms with E-state index >= 15 is 0 Å². The molecule has 18 heavy (non-hydrogen) atoms. The molecule has 0 aliphatic rings. The summed E-state index contributed by atoms with van der Waals surface area (Å²) in [5.74, 6) is -3.75. The minimum Gasteiger partial charge on any atom is -0.464 e. The molecule has 0 rings (SSSR count). The molecule has 0 fully saturated rings. The molecule has 1 atom stereocenters. The summed E-state index contributed by atoms with van der Waals surface area (Å²) in [4.78, 5) is 10.9. The van der Waals surface area contributed by atoms with Crippen molar-refractivity contribution in [3.63, 3.8) is 0 Å². The molecule has 1 N–H and O–H groups in total. The second kappa shape index (κ2) is 6.38. The monoisotopic (exact) mass is 309 g/mol. The lowest BCUT2D eigenvalue weighted by molar-refractivity contribution is -0.152. The van der Waals surface area contributed by atoms with Crippen LogP contribution >= 0.6 is 0 Å². The summed E-state index contributed by atoms with van der Waals surface area (Å²) in [6, 6.07) is 0. The van der Waals surface area contributed by atoms with E-state index in [0.29, 0.717) is 6.26 Å². The van der Waals surface area contributed by atoms with Crippen molar-refractivity contribution in [3.8, 4) is 0 Å². The van der Waals surface area contributed by atoms with E-state index in [1.165, 1.54) is 4.13 Å². The zero-order chi connectivity index (χ0) is 14.6. The minimum absolute atomic E-state index is 0.634. The van der Waals surface area contributed by atoms with Crippen LogP contribution in [0.15, 0.2) is 0 Å². The summed E-state index contributed by atoms with van der Waals surface area (Å²) in [7, 11) is -8.14. The van der Waals surface area contributed by atoms with Gasteiger partial charge in [-0.2, -0.15) is 0 Å². The smallest absolute Gasteiger partial charge is 0.314 e. The maximum absolute atomic E-state index is 12.1. The highest BCUT2D eigenvalue weighted by molar-refractivity contribution is 8.04. The molecule has 0 aromatic heterocycles. The molecule has 0 aliphatic carbocycles. The van der Waals surface area contributed by atoms with Gasteiger partial charge in [0.2, 0.25) is 20.0 Å². The van der Waals surface area contributed by atoms with Crippen LogP contribution in [0.3, 0.4) is 0 Å². The summed E-state index contributed by atoms with van der Waals surface area (Å²) in [6.07, 6.45) is -2.28. The van der Waals surface area contributed by atoms with Crippen LogP contribution in [0.4, 0.5) is 8.78 Å². The highest BCUT2D eigenvalue weighted by Crippen LogP contribution is 2.10. The van der Waals surface area contributed by atoms with Crippen LogP contribution in [0, 0.1) is 5.92 Å². The molecule has 0 heterocycles. The molecule has 0 bridgehead atoms. The average Bonchev–Trinajstić information content (AvgIpc) is 2.11. The molecule has 108 valence electrons. The fraction of sp³-hybridized carbons (Fsp3) is 0.857. The Bertz CT molecular complexity index is 486. The summed E-state index contributed by atoms with van der Waals surface area (Å²) in [5, 5.41) is 0. The molecule has 0 saturated heterocycles. The highest BCUT2D eigenvalue weighted by atomic mass is 32.3. The van der Waals surface area contributed by atoms with Crippen molar-refractivity contribution in [1.82, 2.24) is 4.13 Å². The number of hydrogen-bond donors (Lipinski definition) is 1. The molecule has 7 nitrogen and oxygen atoms in total. The third kappa shape index (κ3) is 7.50. The number of alkyl halides is 2. The Labute approximate surface area is 104 Å².